The summed E-state index contributed by atoms with van der Waals surface area (Å²) >= 11 is 0. The van der Waals surface area contributed by atoms with Gasteiger partial charge in [-0.1, -0.05) is 30.3 Å². The van der Waals surface area contributed by atoms with Gasteiger partial charge >= 0.3 is 5.97 Å². The van der Waals surface area contributed by atoms with Crippen LogP contribution in [0.3, 0.4) is 0 Å². The number of esters is 1. The van der Waals surface area contributed by atoms with E-state index < -0.39 is 5.97 Å². The molecule has 142 valence electrons. The third kappa shape index (κ3) is 8.09. The van der Waals surface area contributed by atoms with Crippen molar-refractivity contribution in [3.05, 3.63) is 66.2 Å². The van der Waals surface area contributed by atoms with Crippen molar-refractivity contribution in [2.75, 3.05) is 26.4 Å². The fourth-order valence-electron chi connectivity index (χ4n) is 2.12. The van der Waals surface area contributed by atoms with Crippen molar-refractivity contribution < 1.29 is 23.8 Å². The smallest absolute Gasteiger partial charge is 0.331 e. The summed E-state index contributed by atoms with van der Waals surface area (Å²) in [5.74, 6) is 0.539. The highest BCUT2D eigenvalue weighted by Gasteiger charge is 2.04. The second-order valence-corrected chi connectivity index (χ2v) is 5.45. The Hall–Kier alpha value is -3.28. The maximum absolute atomic E-state index is 11.7. The van der Waals surface area contributed by atoms with Crippen LogP contribution in [0.2, 0.25) is 0 Å². The molecule has 0 unspecified atom stereocenters. The van der Waals surface area contributed by atoms with Crippen molar-refractivity contribution in [1.29, 1.82) is 0 Å². The van der Waals surface area contributed by atoms with E-state index in [1.807, 2.05) is 61.5 Å². The first-order valence-corrected chi connectivity index (χ1v) is 8.69. The quantitative estimate of drug-likeness (QED) is 0.396. The Kier molecular flexibility index (Phi) is 8.43. The summed E-state index contributed by atoms with van der Waals surface area (Å²) in [5, 5.41) is 2.62. The summed E-state index contributed by atoms with van der Waals surface area (Å²) < 4.78 is 15.7. The number of nitrogens with one attached hydrogen (secondary N) is 1. The molecule has 0 aromatic heterocycles. The molecule has 0 bridgehead atoms. The number of ether oxygens (including phenoxy) is 3. The summed E-state index contributed by atoms with van der Waals surface area (Å²) in [6.45, 7) is 2.84. The molecule has 6 heteroatoms. The topological polar surface area (TPSA) is 73.9 Å². The lowest BCUT2D eigenvalue weighted by Crippen LogP contribution is -2.31. The highest BCUT2D eigenvalue weighted by atomic mass is 16.5. The number of carbonyl (C=O) groups excluding carboxylic acids is 2. The Labute approximate surface area is 158 Å². The number of benzene rings is 2. The zero-order chi connectivity index (χ0) is 19.3. The molecule has 0 aliphatic carbocycles. The molecule has 0 aliphatic heterocycles. The molecule has 1 N–H and O–H groups in total. The summed E-state index contributed by atoms with van der Waals surface area (Å²) in [6.07, 6.45) is 2.89. The molecule has 0 saturated carbocycles. The van der Waals surface area contributed by atoms with Crippen molar-refractivity contribution in [2.45, 2.75) is 6.92 Å². The van der Waals surface area contributed by atoms with Gasteiger partial charge < -0.3 is 19.5 Å². The van der Waals surface area contributed by atoms with Crippen LogP contribution in [0.1, 0.15) is 12.5 Å². The molecule has 0 saturated heterocycles. The van der Waals surface area contributed by atoms with Crippen LogP contribution >= 0.6 is 0 Å². The van der Waals surface area contributed by atoms with Crippen LogP contribution in [-0.4, -0.2) is 38.2 Å². The van der Waals surface area contributed by atoms with Crippen molar-refractivity contribution in [2.24, 2.45) is 0 Å². The molecule has 0 fully saturated rings. The minimum absolute atomic E-state index is 0.327. The van der Waals surface area contributed by atoms with Gasteiger partial charge in [0.05, 0.1) is 13.2 Å². The van der Waals surface area contributed by atoms with Crippen molar-refractivity contribution in [3.8, 4) is 11.5 Å². The van der Waals surface area contributed by atoms with Crippen LogP contribution < -0.4 is 14.8 Å². The Morgan fingerprint density at radius 3 is 2.37 bits per heavy atom. The zero-order valence-corrected chi connectivity index (χ0v) is 15.2. The number of hydrogen-bond donors (Lipinski definition) is 1. The Morgan fingerprint density at radius 2 is 1.67 bits per heavy atom. The van der Waals surface area contributed by atoms with E-state index in [0.717, 1.165) is 17.1 Å². The fraction of sp³-hybridized carbons (Fsp3) is 0.238. The average Bonchev–Trinajstić information content (AvgIpc) is 2.70. The van der Waals surface area contributed by atoms with E-state index in [2.05, 4.69) is 5.32 Å². The molecule has 27 heavy (non-hydrogen) atoms. The predicted octanol–water partition coefficient (Wildman–Crippen LogP) is 2.84. The molecule has 0 radical (unpaired) electrons. The Balaban J connectivity index is 1.62. The molecular formula is C21H23NO5. The SMILES string of the molecule is CCOc1ccc(/C=C/C(=O)OCC(=O)NCCOc2ccccc2)cc1. The second kappa shape index (κ2) is 11.4. The van der Waals surface area contributed by atoms with Gasteiger partial charge in [0.15, 0.2) is 6.61 Å². The van der Waals surface area contributed by atoms with Gasteiger partial charge in [-0.2, -0.15) is 0 Å². The zero-order valence-electron chi connectivity index (χ0n) is 15.2. The van der Waals surface area contributed by atoms with Crippen LogP contribution in [0.25, 0.3) is 6.08 Å². The molecule has 1 amide bonds. The monoisotopic (exact) mass is 369 g/mol. The number of rotatable bonds is 10. The number of carbonyl (C=O) groups is 2. The third-order valence-electron chi connectivity index (χ3n) is 3.38. The van der Waals surface area contributed by atoms with Gasteiger partial charge in [-0.15, -0.1) is 0 Å². The lowest BCUT2D eigenvalue weighted by atomic mass is 10.2. The van der Waals surface area contributed by atoms with Gasteiger partial charge in [0.25, 0.3) is 5.91 Å². The maximum atomic E-state index is 11.7. The lowest BCUT2D eigenvalue weighted by Gasteiger charge is -2.07. The number of para-hydroxylation sites is 1. The maximum Gasteiger partial charge on any atom is 0.331 e. The van der Waals surface area contributed by atoms with Gasteiger partial charge in [-0.05, 0) is 42.8 Å². The van der Waals surface area contributed by atoms with Crippen LogP contribution in [0, 0.1) is 0 Å². The second-order valence-electron chi connectivity index (χ2n) is 5.45. The highest BCUT2D eigenvalue weighted by molar-refractivity contribution is 5.89. The summed E-state index contributed by atoms with van der Waals surface area (Å²) in [6, 6.07) is 16.6. The van der Waals surface area contributed by atoms with E-state index in [4.69, 9.17) is 14.2 Å². The van der Waals surface area contributed by atoms with E-state index >= 15 is 0 Å². The van der Waals surface area contributed by atoms with Gasteiger partial charge in [0.2, 0.25) is 0 Å². The summed E-state index contributed by atoms with van der Waals surface area (Å²) in [5.41, 5.74) is 0.831. The molecule has 0 aliphatic rings. The minimum Gasteiger partial charge on any atom is -0.494 e. The van der Waals surface area contributed by atoms with Gasteiger partial charge in [0, 0.05) is 6.08 Å². The van der Waals surface area contributed by atoms with E-state index in [-0.39, 0.29) is 12.5 Å². The van der Waals surface area contributed by atoms with Gasteiger partial charge in [-0.25, -0.2) is 4.79 Å². The molecule has 2 aromatic rings. The summed E-state index contributed by atoms with van der Waals surface area (Å²) in [4.78, 5) is 23.3. The standard InChI is InChI=1S/C21H23NO5/c1-2-25-19-11-8-17(9-12-19)10-13-21(24)27-16-20(23)22-14-15-26-18-6-4-3-5-7-18/h3-13H,2,14-16H2,1H3,(H,22,23)/b13-10+. The van der Waals surface area contributed by atoms with Crippen LogP contribution in [-0.2, 0) is 14.3 Å². The van der Waals surface area contributed by atoms with Gasteiger partial charge in [-0.3, -0.25) is 4.79 Å². The lowest BCUT2D eigenvalue weighted by molar-refractivity contribution is -0.143. The molecule has 0 spiro atoms. The predicted molar refractivity (Wildman–Crippen MR) is 103 cm³/mol. The van der Waals surface area contributed by atoms with E-state index in [0.29, 0.717) is 19.8 Å². The molecule has 6 nitrogen and oxygen atoms in total. The van der Waals surface area contributed by atoms with Crippen LogP contribution in [0.4, 0.5) is 0 Å². The van der Waals surface area contributed by atoms with Crippen molar-refractivity contribution >= 4 is 18.0 Å². The van der Waals surface area contributed by atoms with Crippen molar-refractivity contribution in [3.63, 3.8) is 0 Å². The van der Waals surface area contributed by atoms with Crippen LogP contribution in [0.5, 0.6) is 11.5 Å². The first-order valence-electron chi connectivity index (χ1n) is 8.69. The summed E-state index contributed by atoms with van der Waals surface area (Å²) in [7, 11) is 0. The molecule has 0 heterocycles. The molecular weight excluding hydrogens is 346 g/mol. The third-order valence-corrected chi connectivity index (χ3v) is 3.38. The highest BCUT2D eigenvalue weighted by Crippen LogP contribution is 2.13. The normalized spacial score (nSPS) is 10.4. The molecule has 2 rings (SSSR count). The minimum atomic E-state index is -0.584. The fourth-order valence-corrected chi connectivity index (χ4v) is 2.12. The molecule has 0 atom stereocenters. The number of hydrogen-bond acceptors (Lipinski definition) is 5. The van der Waals surface area contributed by atoms with Gasteiger partial charge in [0.1, 0.15) is 18.1 Å². The van der Waals surface area contributed by atoms with E-state index in [1.165, 1.54) is 6.08 Å². The first kappa shape index (κ1) is 20.0. The largest absolute Gasteiger partial charge is 0.494 e. The van der Waals surface area contributed by atoms with Crippen LogP contribution in [0.15, 0.2) is 60.7 Å². The van der Waals surface area contributed by atoms with E-state index in [1.54, 1.807) is 6.08 Å². The average molecular weight is 369 g/mol. The first-order chi connectivity index (χ1) is 13.2. The van der Waals surface area contributed by atoms with Crippen molar-refractivity contribution in [1.82, 2.24) is 5.32 Å². The number of amides is 1. The molecule has 2 aromatic carbocycles. The Bertz CT molecular complexity index is 741. The Morgan fingerprint density at radius 1 is 0.963 bits per heavy atom. The van der Waals surface area contributed by atoms with E-state index in [9.17, 15) is 9.59 Å².